The van der Waals surface area contributed by atoms with Gasteiger partial charge in [-0.1, -0.05) is 36.8 Å². The van der Waals surface area contributed by atoms with Crippen molar-refractivity contribution in [3.8, 4) is 5.75 Å². The number of carbonyl (C=O) groups is 1. The number of hydrogen-bond acceptors (Lipinski definition) is 5. The Labute approximate surface area is 181 Å². The van der Waals surface area contributed by atoms with Gasteiger partial charge in [0.25, 0.3) is 5.91 Å². The van der Waals surface area contributed by atoms with E-state index in [0.717, 1.165) is 30.0 Å². The maximum absolute atomic E-state index is 12.7. The van der Waals surface area contributed by atoms with E-state index in [4.69, 9.17) is 0 Å². The van der Waals surface area contributed by atoms with Gasteiger partial charge in [-0.3, -0.25) is 4.79 Å². The molecule has 1 saturated heterocycles. The molecule has 2 N–H and O–H groups in total. The summed E-state index contributed by atoms with van der Waals surface area (Å²) in [5.41, 5.74) is 3.21. The lowest BCUT2D eigenvalue weighted by Crippen LogP contribution is -2.35. The van der Waals surface area contributed by atoms with E-state index in [-0.39, 0.29) is 16.2 Å². The number of rotatable bonds is 5. The Balaban J connectivity index is 1.47. The molecular formula is C23H23N3O4S. The molecule has 3 aromatic carbocycles. The van der Waals surface area contributed by atoms with Crippen molar-refractivity contribution >= 4 is 32.9 Å². The molecule has 1 heterocycles. The zero-order valence-corrected chi connectivity index (χ0v) is 17.7. The van der Waals surface area contributed by atoms with Crippen LogP contribution in [0.25, 0.3) is 10.8 Å². The van der Waals surface area contributed by atoms with Gasteiger partial charge in [0.2, 0.25) is 10.0 Å². The molecule has 7 nitrogen and oxygen atoms in total. The Bertz CT molecular complexity index is 1230. The van der Waals surface area contributed by atoms with Crippen molar-refractivity contribution in [2.75, 3.05) is 13.1 Å². The number of hydrogen-bond donors (Lipinski definition) is 2. The highest BCUT2D eigenvalue weighted by atomic mass is 32.2. The maximum atomic E-state index is 12.7. The molecule has 160 valence electrons. The van der Waals surface area contributed by atoms with E-state index in [1.54, 1.807) is 12.1 Å². The zero-order valence-electron chi connectivity index (χ0n) is 16.9. The fourth-order valence-corrected chi connectivity index (χ4v) is 5.19. The fraction of sp³-hybridized carbons (Fsp3) is 0.217. The number of phenols is 1. The van der Waals surface area contributed by atoms with Gasteiger partial charge >= 0.3 is 0 Å². The van der Waals surface area contributed by atoms with Crippen molar-refractivity contribution in [1.29, 1.82) is 0 Å². The maximum Gasteiger partial charge on any atom is 0.271 e. The normalized spacial score (nSPS) is 15.4. The molecule has 0 radical (unpaired) electrons. The van der Waals surface area contributed by atoms with Crippen molar-refractivity contribution in [2.24, 2.45) is 5.10 Å². The summed E-state index contributed by atoms with van der Waals surface area (Å²) in [6, 6.07) is 16.7. The van der Waals surface area contributed by atoms with Crippen molar-refractivity contribution in [3.05, 3.63) is 71.8 Å². The van der Waals surface area contributed by atoms with Crippen LogP contribution in [-0.4, -0.2) is 43.0 Å². The number of phenolic OH excluding ortho intramolecular Hbond substituents is 1. The summed E-state index contributed by atoms with van der Waals surface area (Å²) in [7, 11) is -3.54. The lowest BCUT2D eigenvalue weighted by molar-refractivity contribution is 0.0955. The minimum Gasteiger partial charge on any atom is -0.507 e. The highest BCUT2D eigenvalue weighted by Gasteiger charge is 2.25. The van der Waals surface area contributed by atoms with E-state index in [0.29, 0.717) is 18.7 Å². The second-order valence-corrected chi connectivity index (χ2v) is 9.35. The zero-order chi connectivity index (χ0) is 21.8. The third-order valence-corrected chi connectivity index (χ3v) is 7.29. The average molecular weight is 438 g/mol. The first-order chi connectivity index (χ1) is 15.0. The summed E-state index contributed by atoms with van der Waals surface area (Å²) in [4.78, 5) is 12.6. The third kappa shape index (κ3) is 4.45. The van der Waals surface area contributed by atoms with E-state index in [1.165, 1.54) is 34.8 Å². The largest absolute Gasteiger partial charge is 0.507 e. The number of aromatic hydroxyl groups is 1. The summed E-state index contributed by atoms with van der Waals surface area (Å²) in [5.74, 6) is -0.415. The van der Waals surface area contributed by atoms with Gasteiger partial charge in [-0.05, 0) is 53.9 Å². The van der Waals surface area contributed by atoms with E-state index in [2.05, 4.69) is 10.5 Å². The molecule has 1 aliphatic heterocycles. The molecule has 4 rings (SSSR count). The molecule has 1 aliphatic rings. The van der Waals surface area contributed by atoms with Crippen LogP contribution in [0.15, 0.2) is 70.7 Å². The predicted octanol–water partition coefficient (Wildman–Crippen LogP) is 3.48. The monoisotopic (exact) mass is 437 g/mol. The molecule has 8 heteroatoms. The number of sulfonamides is 1. The number of nitrogens with one attached hydrogen (secondary N) is 1. The fourth-order valence-electron chi connectivity index (χ4n) is 3.67. The SMILES string of the molecule is O=C(N/N=C/c1c(O)ccc2ccccc12)c1ccc(S(=O)(=O)N2CCCCC2)cc1. The van der Waals surface area contributed by atoms with Crippen molar-refractivity contribution in [1.82, 2.24) is 9.73 Å². The van der Waals surface area contributed by atoms with Gasteiger partial charge < -0.3 is 5.11 Å². The molecule has 0 aromatic heterocycles. The van der Waals surface area contributed by atoms with Crippen LogP contribution in [0, 0.1) is 0 Å². The van der Waals surface area contributed by atoms with Gasteiger partial charge in [0.05, 0.1) is 11.1 Å². The predicted molar refractivity (Wildman–Crippen MR) is 120 cm³/mol. The molecule has 0 unspecified atom stereocenters. The molecule has 3 aromatic rings. The van der Waals surface area contributed by atoms with Crippen molar-refractivity contribution in [3.63, 3.8) is 0 Å². The van der Waals surface area contributed by atoms with Crippen LogP contribution in [0.5, 0.6) is 5.75 Å². The Morgan fingerprint density at radius 3 is 2.42 bits per heavy atom. The van der Waals surface area contributed by atoms with Gasteiger partial charge in [-0.2, -0.15) is 9.41 Å². The summed E-state index contributed by atoms with van der Waals surface area (Å²) in [6.07, 6.45) is 4.17. The van der Waals surface area contributed by atoms with Crippen LogP contribution in [0.2, 0.25) is 0 Å². The summed E-state index contributed by atoms with van der Waals surface area (Å²) >= 11 is 0. The number of hydrazone groups is 1. The minimum absolute atomic E-state index is 0.0592. The first kappa shape index (κ1) is 21.0. The smallest absolute Gasteiger partial charge is 0.271 e. The molecule has 0 bridgehead atoms. The first-order valence-electron chi connectivity index (χ1n) is 10.1. The van der Waals surface area contributed by atoms with Crippen LogP contribution in [-0.2, 0) is 10.0 Å². The lowest BCUT2D eigenvalue weighted by Gasteiger charge is -2.25. The van der Waals surface area contributed by atoms with E-state index >= 15 is 0 Å². The summed E-state index contributed by atoms with van der Waals surface area (Å²) in [6.45, 7) is 1.06. The van der Waals surface area contributed by atoms with Gasteiger partial charge in [0.1, 0.15) is 5.75 Å². The molecule has 0 atom stereocenters. The number of nitrogens with zero attached hydrogens (tertiary/aromatic N) is 2. The molecule has 31 heavy (non-hydrogen) atoms. The van der Waals surface area contributed by atoms with Crippen molar-refractivity contribution < 1.29 is 18.3 Å². The number of carbonyl (C=O) groups excluding carboxylic acids is 1. The average Bonchev–Trinajstić information content (AvgIpc) is 2.81. The third-order valence-electron chi connectivity index (χ3n) is 5.38. The number of amides is 1. The summed E-state index contributed by atoms with van der Waals surface area (Å²) in [5, 5.41) is 15.9. The topological polar surface area (TPSA) is 99.1 Å². The highest BCUT2D eigenvalue weighted by Crippen LogP contribution is 2.25. The quantitative estimate of drug-likeness (QED) is 0.471. The standard InChI is InChI=1S/C23H23N3O4S/c27-22-13-10-17-6-2-3-7-20(17)21(22)16-24-25-23(28)18-8-11-19(12-9-18)31(29,30)26-14-4-1-5-15-26/h2-3,6-13,16,27H,1,4-5,14-15H2,(H,25,28)/b24-16+. The van der Waals surface area contributed by atoms with Crippen LogP contribution >= 0.6 is 0 Å². The minimum atomic E-state index is -3.54. The second-order valence-electron chi connectivity index (χ2n) is 7.41. The lowest BCUT2D eigenvalue weighted by atomic mass is 10.0. The van der Waals surface area contributed by atoms with Gasteiger partial charge in [-0.15, -0.1) is 0 Å². The van der Waals surface area contributed by atoms with E-state index in [1.807, 2.05) is 24.3 Å². The van der Waals surface area contributed by atoms with Gasteiger partial charge in [0.15, 0.2) is 0 Å². The molecular weight excluding hydrogens is 414 g/mol. The molecule has 0 saturated carbocycles. The highest BCUT2D eigenvalue weighted by molar-refractivity contribution is 7.89. The Morgan fingerprint density at radius 1 is 0.968 bits per heavy atom. The van der Waals surface area contributed by atoms with Crippen LogP contribution in [0.4, 0.5) is 0 Å². The van der Waals surface area contributed by atoms with Crippen LogP contribution < -0.4 is 5.43 Å². The van der Waals surface area contributed by atoms with Crippen LogP contribution in [0.1, 0.15) is 35.2 Å². The number of piperidine rings is 1. The van der Waals surface area contributed by atoms with Gasteiger partial charge in [0, 0.05) is 24.2 Å². The molecule has 0 aliphatic carbocycles. The summed E-state index contributed by atoms with van der Waals surface area (Å²) < 4.78 is 26.9. The number of fused-ring (bicyclic) bond motifs is 1. The number of benzene rings is 3. The Kier molecular flexibility index (Phi) is 6.01. The molecule has 1 fully saturated rings. The Morgan fingerprint density at radius 2 is 1.68 bits per heavy atom. The second kappa shape index (κ2) is 8.87. The van der Waals surface area contributed by atoms with Crippen molar-refractivity contribution in [2.45, 2.75) is 24.2 Å². The van der Waals surface area contributed by atoms with Crippen LogP contribution in [0.3, 0.4) is 0 Å². The Hall–Kier alpha value is -3.23. The first-order valence-corrected chi connectivity index (χ1v) is 11.6. The van der Waals surface area contributed by atoms with E-state index < -0.39 is 15.9 Å². The van der Waals surface area contributed by atoms with Gasteiger partial charge in [-0.25, -0.2) is 13.8 Å². The molecule has 0 spiro atoms. The molecule has 1 amide bonds. The van der Waals surface area contributed by atoms with E-state index in [9.17, 15) is 18.3 Å².